The van der Waals surface area contributed by atoms with E-state index in [0.29, 0.717) is 22.5 Å². The molecule has 0 saturated heterocycles. The van der Waals surface area contributed by atoms with Gasteiger partial charge in [-0.3, -0.25) is 14.9 Å². The number of carbonyl (C=O) groups excluding carboxylic acids is 1. The monoisotopic (exact) mass is 411 g/mol. The van der Waals surface area contributed by atoms with E-state index in [1.54, 1.807) is 53.4 Å². The summed E-state index contributed by atoms with van der Waals surface area (Å²) in [4.78, 5) is 23.2. The lowest BCUT2D eigenvalue weighted by Crippen LogP contribution is -2.21. The number of nitro benzene ring substituents is 1. The van der Waals surface area contributed by atoms with Crippen molar-refractivity contribution in [1.82, 2.24) is 20.3 Å². The van der Waals surface area contributed by atoms with E-state index >= 15 is 0 Å². The highest BCUT2D eigenvalue weighted by molar-refractivity contribution is 6.01. The summed E-state index contributed by atoms with van der Waals surface area (Å²) in [5.74, 6) is -0.305. The van der Waals surface area contributed by atoms with E-state index in [1.807, 2.05) is 36.4 Å². The van der Waals surface area contributed by atoms with Crippen LogP contribution in [0.2, 0.25) is 0 Å². The number of non-ortho nitro benzene ring substituents is 1. The summed E-state index contributed by atoms with van der Waals surface area (Å²) in [6, 6.07) is 24.2. The van der Waals surface area contributed by atoms with Crippen LogP contribution in [0.1, 0.15) is 21.6 Å². The fourth-order valence-corrected chi connectivity index (χ4v) is 2.94. The molecule has 3 aromatic carbocycles. The standard InChI is InChI=1S/C23H17N5O3/c29-23(18-7-3-1-4-8-18)24-22(17-11-13-21(14-12-17)28(30)31)15-19-16-27(26-25-19)20-9-5-2-6-10-20/h1-16H,(H,24,29). The number of rotatable bonds is 6. The molecule has 1 aromatic heterocycles. The summed E-state index contributed by atoms with van der Waals surface area (Å²) in [6.45, 7) is 0. The van der Waals surface area contributed by atoms with E-state index < -0.39 is 4.92 Å². The Kier molecular flexibility index (Phi) is 5.62. The van der Waals surface area contributed by atoms with Gasteiger partial charge in [0.05, 0.1) is 22.5 Å². The Hall–Kier alpha value is -4.59. The van der Waals surface area contributed by atoms with Crippen molar-refractivity contribution in [2.24, 2.45) is 0 Å². The Morgan fingerprint density at radius 1 is 0.903 bits per heavy atom. The topological polar surface area (TPSA) is 103 Å². The molecule has 0 aliphatic heterocycles. The predicted molar refractivity (Wildman–Crippen MR) is 116 cm³/mol. The number of aromatic nitrogens is 3. The average molecular weight is 411 g/mol. The van der Waals surface area contributed by atoms with Gasteiger partial charge in [0.25, 0.3) is 11.6 Å². The number of nitrogens with zero attached hydrogens (tertiary/aromatic N) is 4. The van der Waals surface area contributed by atoms with Crippen molar-refractivity contribution in [2.75, 3.05) is 0 Å². The van der Waals surface area contributed by atoms with Gasteiger partial charge in [-0.1, -0.05) is 41.6 Å². The zero-order valence-corrected chi connectivity index (χ0v) is 16.3. The predicted octanol–water partition coefficient (Wildman–Crippen LogP) is 4.10. The molecule has 8 nitrogen and oxygen atoms in total. The fourth-order valence-electron chi connectivity index (χ4n) is 2.94. The van der Waals surface area contributed by atoms with Crippen LogP contribution in [0, 0.1) is 10.1 Å². The molecule has 0 saturated carbocycles. The third kappa shape index (κ3) is 4.70. The molecule has 8 heteroatoms. The molecule has 0 bridgehead atoms. The van der Waals surface area contributed by atoms with Gasteiger partial charge in [0.1, 0.15) is 5.69 Å². The van der Waals surface area contributed by atoms with Gasteiger partial charge in [-0.05, 0) is 48.0 Å². The van der Waals surface area contributed by atoms with Crippen LogP contribution in [0.5, 0.6) is 0 Å². The van der Waals surface area contributed by atoms with Crippen molar-refractivity contribution in [1.29, 1.82) is 0 Å². The van der Waals surface area contributed by atoms with Crippen LogP contribution in [0.3, 0.4) is 0 Å². The number of amides is 1. The highest BCUT2D eigenvalue weighted by atomic mass is 16.6. The highest BCUT2D eigenvalue weighted by Gasteiger charge is 2.13. The van der Waals surface area contributed by atoms with Crippen molar-refractivity contribution in [3.63, 3.8) is 0 Å². The van der Waals surface area contributed by atoms with Crippen molar-refractivity contribution in [3.8, 4) is 5.69 Å². The van der Waals surface area contributed by atoms with Crippen LogP contribution < -0.4 is 5.32 Å². The highest BCUT2D eigenvalue weighted by Crippen LogP contribution is 2.20. The molecule has 4 rings (SSSR count). The molecule has 0 radical (unpaired) electrons. The number of nitrogens with one attached hydrogen (secondary N) is 1. The van der Waals surface area contributed by atoms with E-state index in [4.69, 9.17) is 0 Å². The smallest absolute Gasteiger partial charge is 0.269 e. The van der Waals surface area contributed by atoms with Crippen molar-refractivity contribution >= 4 is 23.4 Å². The summed E-state index contributed by atoms with van der Waals surface area (Å²) in [6.07, 6.45) is 3.41. The van der Waals surface area contributed by atoms with E-state index in [0.717, 1.165) is 5.69 Å². The first-order valence-electron chi connectivity index (χ1n) is 9.41. The molecule has 0 unspecified atom stereocenters. The minimum absolute atomic E-state index is 0.0347. The average Bonchev–Trinajstić information content (AvgIpc) is 3.28. The molecule has 0 aliphatic carbocycles. The summed E-state index contributed by atoms with van der Waals surface area (Å²) in [5.41, 5.74) is 2.87. The van der Waals surface area contributed by atoms with Gasteiger partial charge >= 0.3 is 0 Å². The summed E-state index contributed by atoms with van der Waals surface area (Å²) in [5, 5.41) is 22.1. The molecule has 4 aromatic rings. The Balaban J connectivity index is 1.68. The molecule has 0 atom stereocenters. The Morgan fingerprint density at radius 2 is 1.55 bits per heavy atom. The molecular weight excluding hydrogens is 394 g/mol. The minimum atomic E-state index is -0.471. The minimum Gasteiger partial charge on any atom is -0.321 e. The number of hydrogen-bond acceptors (Lipinski definition) is 5. The van der Waals surface area contributed by atoms with Crippen LogP contribution in [-0.2, 0) is 0 Å². The molecule has 0 spiro atoms. The van der Waals surface area contributed by atoms with Crippen LogP contribution in [0.25, 0.3) is 17.5 Å². The van der Waals surface area contributed by atoms with E-state index in [2.05, 4.69) is 15.6 Å². The molecule has 31 heavy (non-hydrogen) atoms. The zero-order chi connectivity index (χ0) is 21.6. The third-order valence-electron chi connectivity index (χ3n) is 4.50. The summed E-state index contributed by atoms with van der Waals surface area (Å²) < 4.78 is 1.62. The second-order valence-electron chi connectivity index (χ2n) is 6.61. The Labute approximate surface area is 177 Å². The summed E-state index contributed by atoms with van der Waals surface area (Å²) >= 11 is 0. The lowest BCUT2D eigenvalue weighted by molar-refractivity contribution is -0.384. The van der Waals surface area contributed by atoms with E-state index in [9.17, 15) is 14.9 Å². The molecule has 152 valence electrons. The first kappa shape index (κ1) is 19.7. The number of benzene rings is 3. The first-order chi connectivity index (χ1) is 15.1. The SMILES string of the molecule is O=C(NC(=Cc1cn(-c2ccccc2)nn1)c1ccc([N+](=O)[O-])cc1)c1ccccc1. The lowest BCUT2D eigenvalue weighted by Gasteiger charge is -2.10. The van der Waals surface area contributed by atoms with Crippen molar-refractivity contribution in [3.05, 3.63) is 118 Å². The molecule has 1 amide bonds. The van der Waals surface area contributed by atoms with Crippen LogP contribution >= 0.6 is 0 Å². The van der Waals surface area contributed by atoms with Gasteiger partial charge in [0.2, 0.25) is 0 Å². The fraction of sp³-hybridized carbons (Fsp3) is 0. The van der Waals surface area contributed by atoms with E-state index in [1.165, 1.54) is 12.1 Å². The van der Waals surface area contributed by atoms with Gasteiger partial charge in [-0.15, -0.1) is 5.10 Å². The maximum Gasteiger partial charge on any atom is 0.269 e. The quantitative estimate of drug-likeness (QED) is 0.380. The van der Waals surface area contributed by atoms with Crippen LogP contribution in [0.15, 0.2) is 91.1 Å². The largest absolute Gasteiger partial charge is 0.321 e. The molecule has 0 fully saturated rings. The van der Waals surface area contributed by atoms with Gasteiger partial charge in [0, 0.05) is 17.7 Å². The normalized spacial score (nSPS) is 11.2. The molecular formula is C23H17N5O3. The van der Waals surface area contributed by atoms with Gasteiger partial charge in [-0.2, -0.15) is 0 Å². The zero-order valence-electron chi connectivity index (χ0n) is 16.3. The Morgan fingerprint density at radius 3 is 2.19 bits per heavy atom. The van der Waals surface area contributed by atoms with Crippen molar-refractivity contribution in [2.45, 2.75) is 0 Å². The third-order valence-corrected chi connectivity index (χ3v) is 4.50. The number of para-hydroxylation sites is 1. The summed E-state index contributed by atoms with van der Waals surface area (Å²) in [7, 11) is 0. The second-order valence-corrected chi connectivity index (χ2v) is 6.61. The number of carbonyl (C=O) groups is 1. The van der Waals surface area contributed by atoms with Crippen LogP contribution in [-0.4, -0.2) is 25.8 Å². The molecule has 1 heterocycles. The van der Waals surface area contributed by atoms with Gasteiger partial charge in [0.15, 0.2) is 0 Å². The maximum absolute atomic E-state index is 12.7. The van der Waals surface area contributed by atoms with Crippen LogP contribution in [0.4, 0.5) is 5.69 Å². The Bertz CT molecular complexity index is 1230. The first-order valence-corrected chi connectivity index (χ1v) is 9.41. The van der Waals surface area contributed by atoms with Crippen molar-refractivity contribution < 1.29 is 9.72 Å². The van der Waals surface area contributed by atoms with E-state index in [-0.39, 0.29) is 11.6 Å². The number of hydrogen-bond donors (Lipinski definition) is 1. The molecule has 1 N–H and O–H groups in total. The van der Waals surface area contributed by atoms with Gasteiger partial charge in [-0.25, -0.2) is 4.68 Å². The molecule has 0 aliphatic rings. The maximum atomic E-state index is 12.7. The number of nitro groups is 1. The second kappa shape index (κ2) is 8.83. The lowest BCUT2D eigenvalue weighted by atomic mass is 10.1. The van der Waals surface area contributed by atoms with Gasteiger partial charge < -0.3 is 5.32 Å².